The Bertz CT molecular complexity index is 211. The van der Waals surface area contributed by atoms with Crippen molar-refractivity contribution in [2.75, 3.05) is 13.6 Å². The van der Waals surface area contributed by atoms with Crippen molar-refractivity contribution in [2.45, 2.75) is 31.7 Å². The molecule has 0 aromatic carbocycles. The van der Waals surface area contributed by atoms with Gasteiger partial charge in [-0.3, -0.25) is 4.79 Å². The summed E-state index contributed by atoms with van der Waals surface area (Å²) in [4.78, 5) is 12.7. The molecule has 0 heterocycles. The molecule has 1 amide bonds. The number of rotatable bonds is 3. The molecule has 3 nitrogen and oxygen atoms in total. The molecule has 0 radical (unpaired) electrons. The van der Waals surface area contributed by atoms with E-state index in [1.54, 1.807) is 0 Å². The van der Waals surface area contributed by atoms with Gasteiger partial charge in [-0.1, -0.05) is 6.42 Å². The zero-order valence-electron chi connectivity index (χ0n) is 8.25. The van der Waals surface area contributed by atoms with Gasteiger partial charge in [0, 0.05) is 13.1 Å². The zero-order chi connectivity index (χ0) is 10.7. The zero-order valence-corrected chi connectivity index (χ0v) is 8.25. The van der Waals surface area contributed by atoms with Crippen molar-refractivity contribution in [1.29, 1.82) is 0 Å². The maximum atomic E-state index is 12.0. The van der Waals surface area contributed by atoms with Crippen LogP contribution in [0.15, 0.2) is 0 Å². The highest BCUT2D eigenvalue weighted by Gasteiger charge is 2.32. The number of amides is 1. The van der Waals surface area contributed by atoms with Crippen LogP contribution in [0.4, 0.5) is 8.78 Å². The van der Waals surface area contributed by atoms with Crippen LogP contribution in [0, 0.1) is 5.92 Å². The van der Waals surface area contributed by atoms with E-state index in [0.717, 1.165) is 24.2 Å². The first-order valence-corrected chi connectivity index (χ1v) is 4.81. The molecule has 0 aromatic rings. The molecular weight excluding hydrogens is 190 g/mol. The lowest BCUT2D eigenvalue weighted by Crippen LogP contribution is -2.41. The molecule has 0 spiro atoms. The van der Waals surface area contributed by atoms with E-state index in [0.29, 0.717) is 0 Å². The third-order valence-electron chi connectivity index (χ3n) is 2.67. The predicted molar refractivity (Wildman–Crippen MR) is 49.0 cm³/mol. The first-order valence-electron chi connectivity index (χ1n) is 4.81. The van der Waals surface area contributed by atoms with Crippen LogP contribution in [0.1, 0.15) is 19.3 Å². The van der Waals surface area contributed by atoms with E-state index in [9.17, 15) is 13.6 Å². The van der Waals surface area contributed by atoms with Crippen molar-refractivity contribution in [3.8, 4) is 0 Å². The van der Waals surface area contributed by atoms with E-state index in [4.69, 9.17) is 5.73 Å². The third kappa shape index (κ3) is 2.64. The Hall–Kier alpha value is -0.710. The summed E-state index contributed by atoms with van der Waals surface area (Å²) in [6, 6.07) is -0.150. The van der Waals surface area contributed by atoms with Crippen LogP contribution in [0.25, 0.3) is 0 Å². The van der Waals surface area contributed by atoms with E-state index in [1.807, 2.05) is 0 Å². The average Bonchev–Trinajstić information content (AvgIpc) is 2.48. The fraction of sp³-hybridized carbons (Fsp3) is 0.889. The first kappa shape index (κ1) is 11.4. The lowest BCUT2D eigenvalue weighted by atomic mass is 10.0. The Kier molecular flexibility index (Phi) is 3.80. The number of alkyl halides is 2. The topological polar surface area (TPSA) is 46.3 Å². The van der Waals surface area contributed by atoms with Crippen LogP contribution in [0.5, 0.6) is 0 Å². The van der Waals surface area contributed by atoms with Crippen molar-refractivity contribution < 1.29 is 13.6 Å². The summed E-state index contributed by atoms with van der Waals surface area (Å²) in [7, 11) is 1.40. The van der Waals surface area contributed by atoms with Gasteiger partial charge in [0.15, 0.2) is 0 Å². The van der Waals surface area contributed by atoms with Gasteiger partial charge in [-0.05, 0) is 12.8 Å². The molecule has 14 heavy (non-hydrogen) atoms. The minimum Gasteiger partial charge on any atom is -0.340 e. The first-order chi connectivity index (χ1) is 6.52. The second-order valence-electron chi connectivity index (χ2n) is 3.81. The van der Waals surface area contributed by atoms with Crippen molar-refractivity contribution in [2.24, 2.45) is 11.7 Å². The molecule has 1 saturated carbocycles. The van der Waals surface area contributed by atoms with Crippen LogP contribution in [-0.2, 0) is 4.79 Å². The molecule has 82 valence electrons. The normalized spacial score (nSPS) is 26.9. The highest BCUT2D eigenvalue weighted by molar-refractivity contribution is 5.79. The second kappa shape index (κ2) is 4.68. The number of halogens is 2. The number of carbonyl (C=O) groups excluding carboxylic acids is 1. The van der Waals surface area contributed by atoms with Crippen LogP contribution in [0.3, 0.4) is 0 Å². The lowest BCUT2D eigenvalue weighted by molar-refractivity contribution is -0.136. The molecule has 2 atom stereocenters. The smallest absolute Gasteiger partial charge is 0.255 e. The number of carbonyl (C=O) groups is 1. The summed E-state index contributed by atoms with van der Waals surface area (Å²) < 4.78 is 24.0. The highest BCUT2D eigenvalue weighted by Crippen LogP contribution is 2.25. The number of nitrogens with zero attached hydrogens (tertiary/aromatic N) is 1. The molecule has 2 unspecified atom stereocenters. The Morgan fingerprint density at radius 1 is 1.57 bits per heavy atom. The Labute approximate surface area is 82.2 Å². The van der Waals surface area contributed by atoms with Gasteiger partial charge >= 0.3 is 0 Å². The number of hydrogen-bond donors (Lipinski definition) is 1. The minimum absolute atomic E-state index is 0.150. The van der Waals surface area contributed by atoms with E-state index in [2.05, 4.69) is 0 Å². The standard InChI is InChI=1S/C9H16F2N2O/c1-13(5-8(10)11)9(14)6-3-2-4-7(6)12/h6-8H,2-5,12H2,1H3. The fourth-order valence-electron chi connectivity index (χ4n) is 1.88. The predicted octanol–water partition coefficient (Wildman–Crippen LogP) is 0.837. The van der Waals surface area contributed by atoms with Crippen molar-refractivity contribution in [3.05, 3.63) is 0 Å². The van der Waals surface area contributed by atoms with E-state index >= 15 is 0 Å². The molecule has 1 aliphatic carbocycles. The fourth-order valence-corrected chi connectivity index (χ4v) is 1.88. The maximum Gasteiger partial charge on any atom is 0.255 e. The molecule has 1 aliphatic rings. The molecule has 5 heteroatoms. The van der Waals surface area contributed by atoms with E-state index in [-0.39, 0.29) is 17.9 Å². The van der Waals surface area contributed by atoms with Gasteiger partial charge in [0.25, 0.3) is 6.43 Å². The van der Waals surface area contributed by atoms with Crippen LogP contribution < -0.4 is 5.73 Å². The van der Waals surface area contributed by atoms with Gasteiger partial charge in [0.1, 0.15) is 0 Å². The third-order valence-corrected chi connectivity index (χ3v) is 2.67. The summed E-state index contributed by atoms with van der Waals surface area (Å²) in [6.07, 6.45) is -0.00589. The highest BCUT2D eigenvalue weighted by atomic mass is 19.3. The number of hydrogen-bond acceptors (Lipinski definition) is 2. The Balaban J connectivity index is 2.47. The van der Waals surface area contributed by atoms with Gasteiger partial charge in [0.05, 0.1) is 12.5 Å². The van der Waals surface area contributed by atoms with Crippen molar-refractivity contribution >= 4 is 5.91 Å². The molecule has 2 N–H and O–H groups in total. The summed E-state index contributed by atoms with van der Waals surface area (Å²) in [5, 5.41) is 0. The van der Waals surface area contributed by atoms with Crippen molar-refractivity contribution in [3.63, 3.8) is 0 Å². The summed E-state index contributed by atoms with van der Waals surface area (Å²) in [5.41, 5.74) is 5.71. The minimum atomic E-state index is -2.47. The second-order valence-corrected chi connectivity index (χ2v) is 3.81. The molecule has 0 aromatic heterocycles. The van der Waals surface area contributed by atoms with E-state index < -0.39 is 13.0 Å². The maximum absolute atomic E-state index is 12.0. The molecular formula is C9H16F2N2O. The molecule has 0 saturated heterocycles. The quantitative estimate of drug-likeness (QED) is 0.743. The number of nitrogens with two attached hydrogens (primary N) is 1. The Morgan fingerprint density at radius 2 is 2.21 bits per heavy atom. The summed E-state index contributed by atoms with van der Waals surface area (Å²) in [6.45, 7) is -0.498. The van der Waals surface area contributed by atoms with Crippen LogP contribution in [0.2, 0.25) is 0 Å². The molecule has 1 rings (SSSR count). The van der Waals surface area contributed by atoms with Crippen molar-refractivity contribution in [1.82, 2.24) is 4.90 Å². The SMILES string of the molecule is CN(CC(F)F)C(=O)C1CCCC1N. The van der Waals surface area contributed by atoms with Gasteiger partial charge < -0.3 is 10.6 Å². The molecule has 0 bridgehead atoms. The van der Waals surface area contributed by atoms with Gasteiger partial charge in [-0.2, -0.15) is 0 Å². The monoisotopic (exact) mass is 206 g/mol. The molecule has 1 fully saturated rings. The summed E-state index contributed by atoms with van der Waals surface area (Å²) >= 11 is 0. The Morgan fingerprint density at radius 3 is 2.64 bits per heavy atom. The molecule has 0 aliphatic heterocycles. The van der Waals surface area contributed by atoms with Crippen LogP contribution >= 0.6 is 0 Å². The van der Waals surface area contributed by atoms with Gasteiger partial charge in [0.2, 0.25) is 5.91 Å². The summed E-state index contributed by atoms with van der Waals surface area (Å²) in [5.74, 6) is -0.492. The van der Waals surface area contributed by atoms with Crippen LogP contribution in [-0.4, -0.2) is 36.9 Å². The lowest BCUT2D eigenvalue weighted by Gasteiger charge is -2.22. The average molecular weight is 206 g/mol. The van der Waals surface area contributed by atoms with Gasteiger partial charge in [-0.25, -0.2) is 8.78 Å². The largest absolute Gasteiger partial charge is 0.340 e. The van der Waals surface area contributed by atoms with E-state index in [1.165, 1.54) is 7.05 Å². The van der Waals surface area contributed by atoms with Gasteiger partial charge in [-0.15, -0.1) is 0 Å².